The van der Waals surface area contributed by atoms with E-state index in [1.165, 1.54) is 12.8 Å². The molecule has 7 heteroatoms. The number of nitrogens with zero attached hydrogens (tertiary/aromatic N) is 2. The van der Waals surface area contributed by atoms with Crippen molar-refractivity contribution in [2.75, 3.05) is 24.5 Å². The molecule has 0 atom stereocenters. The lowest BCUT2D eigenvalue weighted by atomic mass is 9.94. The molecule has 0 aliphatic carbocycles. The highest BCUT2D eigenvalue weighted by Gasteiger charge is 2.21. The van der Waals surface area contributed by atoms with Crippen LogP contribution in [0.5, 0.6) is 0 Å². The molecule has 2 heterocycles. The van der Waals surface area contributed by atoms with Gasteiger partial charge in [0.1, 0.15) is 5.82 Å². The smallest absolute Gasteiger partial charge is 0.252 e. The molecule has 1 aromatic rings. The molecule has 0 bridgehead atoms. The summed E-state index contributed by atoms with van der Waals surface area (Å²) in [6.07, 6.45) is 5.78. The summed E-state index contributed by atoms with van der Waals surface area (Å²) in [6.45, 7) is 6.69. The third-order valence-electron chi connectivity index (χ3n) is 4.45. The van der Waals surface area contributed by atoms with Crippen LogP contribution in [-0.2, 0) is 0 Å². The van der Waals surface area contributed by atoms with Gasteiger partial charge in [-0.15, -0.1) is 24.8 Å². The summed E-state index contributed by atoms with van der Waals surface area (Å²) in [4.78, 5) is 18.8. The van der Waals surface area contributed by atoms with Gasteiger partial charge >= 0.3 is 0 Å². The number of carbonyl (C=O) groups excluding carboxylic acids is 1. The zero-order chi connectivity index (χ0) is 15.3. The lowest BCUT2D eigenvalue weighted by Crippen LogP contribution is -2.49. The molecule has 1 aliphatic heterocycles. The molecule has 132 valence electrons. The summed E-state index contributed by atoms with van der Waals surface area (Å²) in [5.41, 5.74) is 6.46. The first kappa shape index (κ1) is 22.0. The fourth-order valence-electron chi connectivity index (χ4n) is 2.51. The molecule has 1 aliphatic rings. The number of carbonyl (C=O) groups is 1. The highest BCUT2D eigenvalue weighted by atomic mass is 35.5. The van der Waals surface area contributed by atoms with Crippen molar-refractivity contribution in [2.45, 2.75) is 45.1 Å². The van der Waals surface area contributed by atoms with Gasteiger partial charge in [0.25, 0.3) is 5.91 Å². The van der Waals surface area contributed by atoms with Crippen molar-refractivity contribution in [1.29, 1.82) is 0 Å². The normalized spacial score (nSPS) is 14.0. The molecule has 1 aromatic heterocycles. The first-order valence-electron chi connectivity index (χ1n) is 7.86. The monoisotopic (exact) mass is 362 g/mol. The van der Waals surface area contributed by atoms with Crippen LogP contribution in [0.2, 0.25) is 0 Å². The van der Waals surface area contributed by atoms with E-state index >= 15 is 0 Å². The second-order valence-electron chi connectivity index (χ2n) is 5.85. The average Bonchev–Trinajstić information content (AvgIpc) is 3.07. The average molecular weight is 363 g/mol. The van der Waals surface area contributed by atoms with Gasteiger partial charge < -0.3 is 16.0 Å². The van der Waals surface area contributed by atoms with Crippen LogP contribution < -0.4 is 16.0 Å². The molecule has 3 N–H and O–H groups in total. The van der Waals surface area contributed by atoms with Crippen LogP contribution in [0.3, 0.4) is 0 Å². The molecule has 0 spiro atoms. The Bertz CT molecular complexity index is 471. The number of anilines is 1. The minimum Gasteiger partial charge on any atom is -0.357 e. The van der Waals surface area contributed by atoms with Gasteiger partial charge in [0, 0.05) is 31.4 Å². The summed E-state index contributed by atoms with van der Waals surface area (Å²) < 4.78 is 0. The quantitative estimate of drug-likeness (QED) is 0.815. The maximum atomic E-state index is 12.1. The molecule has 2 rings (SSSR count). The van der Waals surface area contributed by atoms with Crippen LogP contribution in [0.15, 0.2) is 18.3 Å². The first-order chi connectivity index (χ1) is 10.1. The van der Waals surface area contributed by atoms with Gasteiger partial charge in [-0.1, -0.05) is 13.8 Å². The Labute approximate surface area is 151 Å². The van der Waals surface area contributed by atoms with Gasteiger partial charge in [-0.25, -0.2) is 4.98 Å². The summed E-state index contributed by atoms with van der Waals surface area (Å²) in [5, 5.41) is 2.91. The standard InChI is InChI=1S/C16H26N4O.2ClH/c1-3-16(17,4-2)12-19-15(21)13-7-8-14(18-11-13)20-9-5-6-10-20;;/h7-8,11H,3-6,9-10,12,17H2,1-2H3,(H,19,21);2*1H. The Hall–Kier alpha value is -1.04. The van der Waals surface area contributed by atoms with Gasteiger partial charge in [-0.3, -0.25) is 4.79 Å². The van der Waals surface area contributed by atoms with E-state index in [9.17, 15) is 4.79 Å². The van der Waals surface area contributed by atoms with E-state index in [0.717, 1.165) is 31.7 Å². The number of pyridine rings is 1. The van der Waals surface area contributed by atoms with Gasteiger partial charge in [0.05, 0.1) is 5.56 Å². The Morgan fingerprint density at radius 1 is 1.26 bits per heavy atom. The zero-order valence-electron chi connectivity index (χ0n) is 13.9. The van der Waals surface area contributed by atoms with E-state index in [0.29, 0.717) is 12.1 Å². The Morgan fingerprint density at radius 3 is 2.35 bits per heavy atom. The van der Waals surface area contributed by atoms with Gasteiger partial charge in [-0.2, -0.15) is 0 Å². The summed E-state index contributed by atoms with van der Waals surface area (Å²) in [5.74, 6) is 0.853. The van der Waals surface area contributed by atoms with Crippen molar-refractivity contribution < 1.29 is 4.79 Å². The fourth-order valence-corrected chi connectivity index (χ4v) is 2.51. The largest absolute Gasteiger partial charge is 0.357 e. The van der Waals surface area contributed by atoms with Crippen molar-refractivity contribution in [3.63, 3.8) is 0 Å². The number of halogens is 2. The molecule has 0 aromatic carbocycles. The zero-order valence-corrected chi connectivity index (χ0v) is 15.5. The minimum atomic E-state index is -0.321. The van der Waals surface area contributed by atoms with Crippen LogP contribution in [-0.4, -0.2) is 36.1 Å². The van der Waals surface area contributed by atoms with Gasteiger partial charge in [-0.05, 0) is 37.8 Å². The van der Waals surface area contributed by atoms with Crippen LogP contribution in [0, 0.1) is 0 Å². The minimum absolute atomic E-state index is 0. The molecule has 23 heavy (non-hydrogen) atoms. The summed E-state index contributed by atoms with van der Waals surface area (Å²) >= 11 is 0. The van der Waals surface area contributed by atoms with E-state index in [1.54, 1.807) is 6.20 Å². The van der Waals surface area contributed by atoms with Crippen LogP contribution >= 0.6 is 24.8 Å². The van der Waals surface area contributed by atoms with Crippen molar-refractivity contribution in [3.8, 4) is 0 Å². The number of amides is 1. The van der Waals surface area contributed by atoms with Crippen LogP contribution in [0.1, 0.15) is 49.9 Å². The Kier molecular flexibility index (Phi) is 9.51. The van der Waals surface area contributed by atoms with Crippen LogP contribution in [0.25, 0.3) is 0 Å². The highest BCUT2D eigenvalue weighted by Crippen LogP contribution is 2.17. The predicted molar refractivity (Wildman–Crippen MR) is 100 cm³/mol. The second kappa shape index (κ2) is 9.96. The van der Waals surface area contributed by atoms with E-state index in [1.807, 2.05) is 26.0 Å². The van der Waals surface area contributed by atoms with Crippen molar-refractivity contribution in [2.24, 2.45) is 5.73 Å². The lowest BCUT2D eigenvalue weighted by molar-refractivity contribution is 0.0942. The SMILES string of the molecule is CCC(N)(CC)CNC(=O)c1ccc(N2CCCC2)nc1.Cl.Cl. The fraction of sp³-hybridized carbons (Fsp3) is 0.625. The molecule has 0 radical (unpaired) electrons. The number of rotatable bonds is 6. The predicted octanol–water partition coefficient (Wildman–Crippen LogP) is 2.77. The molecule has 0 saturated carbocycles. The highest BCUT2D eigenvalue weighted by molar-refractivity contribution is 5.94. The van der Waals surface area contributed by atoms with Gasteiger partial charge in [0.15, 0.2) is 0 Å². The van der Waals surface area contributed by atoms with E-state index < -0.39 is 0 Å². The maximum absolute atomic E-state index is 12.1. The van der Waals surface area contributed by atoms with E-state index in [4.69, 9.17) is 5.73 Å². The third-order valence-corrected chi connectivity index (χ3v) is 4.45. The van der Waals surface area contributed by atoms with Crippen molar-refractivity contribution >= 4 is 36.5 Å². The van der Waals surface area contributed by atoms with Crippen molar-refractivity contribution in [1.82, 2.24) is 10.3 Å². The summed E-state index contributed by atoms with van der Waals surface area (Å²) in [6, 6.07) is 3.77. The van der Waals surface area contributed by atoms with E-state index in [2.05, 4.69) is 15.2 Å². The molecule has 1 amide bonds. The molecule has 1 saturated heterocycles. The molecule has 1 fully saturated rings. The lowest BCUT2D eigenvalue weighted by Gasteiger charge is -2.26. The number of hydrogen-bond donors (Lipinski definition) is 2. The number of hydrogen-bond acceptors (Lipinski definition) is 4. The second-order valence-corrected chi connectivity index (χ2v) is 5.85. The number of nitrogens with two attached hydrogens (primary N) is 1. The van der Waals surface area contributed by atoms with Crippen molar-refractivity contribution in [3.05, 3.63) is 23.9 Å². The topological polar surface area (TPSA) is 71.2 Å². The molecule has 0 unspecified atom stereocenters. The molecular weight excluding hydrogens is 335 g/mol. The molecular formula is C16H28Cl2N4O. The Morgan fingerprint density at radius 2 is 1.87 bits per heavy atom. The Balaban J connectivity index is 0.00000242. The number of aromatic nitrogens is 1. The summed E-state index contributed by atoms with van der Waals surface area (Å²) in [7, 11) is 0. The molecule has 5 nitrogen and oxygen atoms in total. The van der Waals surface area contributed by atoms with E-state index in [-0.39, 0.29) is 36.3 Å². The first-order valence-corrected chi connectivity index (χ1v) is 7.86. The number of nitrogens with one attached hydrogen (secondary N) is 1. The maximum Gasteiger partial charge on any atom is 0.252 e. The van der Waals surface area contributed by atoms with Gasteiger partial charge in [0.2, 0.25) is 0 Å². The van der Waals surface area contributed by atoms with Crippen LogP contribution in [0.4, 0.5) is 5.82 Å². The third kappa shape index (κ3) is 5.83.